The van der Waals surface area contributed by atoms with Gasteiger partial charge in [0.2, 0.25) is 23.3 Å². The van der Waals surface area contributed by atoms with E-state index in [2.05, 4.69) is 6.72 Å². The van der Waals surface area contributed by atoms with Crippen LogP contribution in [0, 0.1) is 0 Å². The number of hydrogen-bond donors (Lipinski definition) is 1. The second-order valence-electron chi connectivity index (χ2n) is 17.0. The van der Waals surface area contributed by atoms with Crippen molar-refractivity contribution >= 4 is 89.0 Å². The average Bonchev–Trinajstić information content (AvgIpc) is 3.33. The summed E-state index contributed by atoms with van der Waals surface area (Å²) in [5, 5.41) is 10.9. The predicted molar refractivity (Wildman–Crippen MR) is 261 cm³/mol. The molecule has 0 amide bonds. The van der Waals surface area contributed by atoms with Crippen LogP contribution < -0.4 is 9.93 Å². The Balaban J connectivity index is 2.14. The largest absolute Gasteiger partial charge is 0.478 e. The van der Waals surface area contributed by atoms with Crippen molar-refractivity contribution in [2.45, 2.75) is 118 Å². The Morgan fingerprint density at radius 2 is 0.948 bits per heavy atom. The zero-order valence-corrected chi connectivity index (χ0v) is 43.8. The Hall–Kier alpha value is -9.03. The van der Waals surface area contributed by atoms with Crippen molar-refractivity contribution in [1.82, 2.24) is 4.58 Å². The fourth-order valence-electron chi connectivity index (χ4n) is 8.02. The van der Waals surface area contributed by atoms with Crippen molar-refractivity contribution in [2.24, 2.45) is 0 Å². The highest BCUT2D eigenvalue weighted by Crippen LogP contribution is 2.42. The van der Waals surface area contributed by atoms with E-state index in [4.69, 9.17) is 51.8 Å². The van der Waals surface area contributed by atoms with Gasteiger partial charge in [0, 0.05) is 97.9 Å². The SMILES string of the molecule is C=[N+](c1ccc2c(-c3ccccc3C(=O)O)c3ccc(=[N+](C)C(OC(C)=O)C(OC(C)=O)C(OC(C)=O)C(COC(C)=O)OC(C)=O)cc-3oc2c1)C(OC(C)=O)C(OC(C)=O)C(OC(C)=O)C(COC(C)=O)OC(C)=O. The van der Waals surface area contributed by atoms with E-state index in [1.54, 1.807) is 18.2 Å². The van der Waals surface area contributed by atoms with Crippen LogP contribution in [0.2, 0.25) is 0 Å². The number of carbonyl (C=O) groups excluding carboxylic acids is 10. The zero-order valence-electron chi connectivity index (χ0n) is 43.8. The molecule has 2 aromatic carbocycles. The molecule has 2 aliphatic rings. The number of benzene rings is 3. The standard InChI is InChI=1S/C52H57N2O23/c1-25(55)67-23-43(69-27(3)57)46(71-29(5)59)48(73-31(7)61)50(75-33(9)63)53(11)35-17-19-39-41(21-35)77-42-22-36(18-20-40(42)45(39)37-15-13-14-16-38(37)52(65)66)54(12)51(76-34(10)64)49(74-32(8)62)47(72-30(6)60)44(70-28(4)58)24-68-26(2)56/h13-22,43-44,46-51H,11,23-24H2,1-10,12H3/q+1/p+1. The van der Waals surface area contributed by atoms with Crippen LogP contribution in [0.25, 0.3) is 33.4 Å². The van der Waals surface area contributed by atoms with Gasteiger partial charge in [-0.2, -0.15) is 9.15 Å². The van der Waals surface area contributed by atoms with Crippen LogP contribution in [0.4, 0.5) is 5.69 Å². The van der Waals surface area contributed by atoms with E-state index in [1.165, 1.54) is 54.1 Å². The first-order valence-electron chi connectivity index (χ1n) is 23.2. The monoisotopic (exact) mass is 1080 g/mol. The molecule has 1 heterocycles. The quantitative estimate of drug-likeness (QED) is 0.0278. The number of fused-ring (bicyclic) bond motifs is 2. The Morgan fingerprint density at radius 3 is 1.40 bits per heavy atom. The lowest BCUT2D eigenvalue weighted by Gasteiger charge is -2.33. The van der Waals surface area contributed by atoms with Gasteiger partial charge in [0.1, 0.15) is 38.3 Å². The van der Waals surface area contributed by atoms with Gasteiger partial charge in [-0.15, -0.1) is 0 Å². The number of hydrogen-bond acceptors (Lipinski definition) is 22. The van der Waals surface area contributed by atoms with E-state index in [-0.39, 0.29) is 33.5 Å². The maximum Gasteiger partial charge on any atom is 0.345 e. The maximum atomic E-state index is 12.9. The van der Waals surface area contributed by atoms with Crippen LogP contribution in [0.1, 0.15) is 79.6 Å². The first-order chi connectivity index (χ1) is 36.1. The highest BCUT2D eigenvalue weighted by atomic mass is 16.7. The topological polar surface area (TPSA) is 319 Å². The fourth-order valence-corrected chi connectivity index (χ4v) is 8.02. The summed E-state index contributed by atoms with van der Waals surface area (Å²) in [5.41, 5.74) is 0.698. The Morgan fingerprint density at radius 1 is 0.506 bits per heavy atom. The van der Waals surface area contributed by atoms with Crippen LogP contribution >= 0.6 is 0 Å². The molecule has 0 saturated carbocycles. The number of carboxylic acids is 1. The van der Waals surface area contributed by atoms with E-state index < -0.39 is 128 Å². The number of aromatic carboxylic acids is 1. The lowest BCUT2D eigenvalue weighted by atomic mass is 9.90. The van der Waals surface area contributed by atoms with Gasteiger partial charge in [-0.3, -0.25) is 47.9 Å². The molecule has 0 spiro atoms. The smallest absolute Gasteiger partial charge is 0.345 e. The molecule has 4 rings (SSSR count). The minimum Gasteiger partial charge on any atom is -0.478 e. The number of esters is 10. The number of rotatable bonds is 23. The molecular weight excluding hydrogens is 1020 g/mol. The molecule has 0 radical (unpaired) electrons. The minimum absolute atomic E-state index is 0.00705. The molecule has 8 atom stereocenters. The van der Waals surface area contributed by atoms with Crippen molar-refractivity contribution < 1.29 is 114 Å². The minimum atomic E-state index is -1.88. The number of carboxylic acid groups (broad SMARTS) is 1. The molecule has 1 aliphatic heterocycles. The Labute approximate surface area is 439 Å². The third-order valence-electron chi connectivity index (χ3n) is 10.8. The number of likely N-dealkylation sites (N-methyl/N-ethyl adjacent to an activating group) is 1. The van der Waals surface area contributed by atoms with Gasteiger partial charge in [0.25, 0.3) is 0 Å². The highest BCUT2D eigenvalue weighted by Gasteiger charge is 2.50. The molecule has 1 N–H and O–H groups in total. The van der Waals surface area contributed by atoms with Gasteiger partial charge in [-0.05, 0) is 23.8 Å². The Kier molecular flexibility index (Phi) is 21.2. The molecule has 412 valence electrons. The summed E-state index contributed by atoms with van der Waals surface area (Å²) in [6.07, 6.45) is -14.2. The molecule has 2 aromatic rings. The van der Waals surface area contributed by atoms with Crippen molar-refractivity contribution in [3.63, 3.8) is 0 Å². The van der Waals surface area contributed by atoms with E-state index in [0.29, 0.717) is 16.5 Å². The van der Waals surface area contributed by atoms with Gasteiger partial charge in [0.05, 0.1) is 17.7 Å². The fraction of sp³-hybridized carbons (Fsp3) is 0.404. The third-order valence-corrected chi connectivity index (χ3v) is 10.8. The average molecular weight is 1080 g/mol. The maximum absolute atomic E-state index is 12.9. The second kappa shape index (κ2) is 27.0. The summed E-state index contributed by atoms with van der Waals surface area (Å²) in [6, 6.07) is 14.9. The van der Waals surface area contributed by atoms with Crippen molar-refractivity contribution in [3.8, 4) is 22.5 Å². The molecule has 77 heavy (non-hydrogen) atoms. The first-order valence-corrected chi connectivity index (χ1v) is 23.2. The third kappa shape index (κ3) is 16.7. The molecule has 0 fully saturated rings. The van der Waals surface area contributed by atoms with Crippen LogP contribution in [0.5, 0.6) is 0 Å². The summed E-state index contributed by atoms with van der Waals surface area (Å²) in [7, 11) is 1.39. The Bertz CT molecular complexity index is 3010. The molecule has 0 saturated heterocycles. The summed E-state index contributed by atoms with van der Waals surface area (Å²) in [4.78, 5) is 138. The highest BCUT2D eigenvalue weighted by molar-refractivity contribution is 6.07. The first kappa shape index (κ1) is 60.5. The van der Waals surface area contributed by atoms with E-state index in [0.717, 1.165) is 73.8 Å². The summed E-state index contributed by atoms with van der Waals surface area (Å²) >= 11 is 0. The summed E-state index contributed by atoms with van der Waals surface area (Å²) < 4.78 is 63.7. The number of carbonyl (C=O) groups is 11. The van der Waals surface area contributed by atoms with Crippen LogP contribution in [0.15, 0.2) is 65.1 Å². The zero-order chi connectivity index (χ0) is 57.6. The summed E-state index contributed by atoms with van der Waals surface area (Å²) in [6.45, 7) is 12.8. The molecular formula is C52H58N2O23+2. The van der Waals surface area contributed by atoms with Gasteiger partial charge in [-0.25, -0.2) is 4.79 Å². The van der Waals surface area contributed by atoms with Crippen LogP contribution in [0.3, 0.4) is 0 Å². The molecule has 1 aliphatic carbocycles. The molecule has 25 nitrogen and oxygen atoms in total. The predicted octanol–water partition coefficient (Wildman–Crippen LogP) is 3.14. The van der Waals surface area contributed by atoms with Gasteiger partial charge >= 0.3 is 78.1 Å². The van der Waals surface area contributed by atoms with E-state index in [9.17, 15) is 57.8 Å². The normalized spacial score (nSPS) is 14.5. The van der Waals surface area contributed by atoms with Crippen molar-refractivity contribution in [1.29, 1.82) is 0 Å². The van der Waals surface area contributed by atoms with E-state index >= 15 is 0 Å². The number of ether oxygens (including phenoxy) is 10. The molecule has 8 unspecified atom stereocenters. The van der Waals surface area contributed by atoms with Crippen molar-refractivity contribution in [3.05, 3.63) is 71.6 Å². The lowest BCUT2D eigenvalue weighted by Crippen LogP contribution is -2.58. The van der Waals surface area contributed by atoms with Gasteiger partial charge in [-0.1, -0.05) is 18.2 Å². The van der Waals surface area contributed by atoms with Gasteiger partial charge in [0.15, 0.2) is 24.4 Å². The molecule has 25 heteroatoms. The van der Waals surface area contributed by atoms with Crippen LogP contribution in [-0.4, -0.2) is 151 Å². The number of nitrogens with zero attached hydrogens (tertiary/aromatic N) is 2. The lowest BCUT2D eigenvalue weighted by molar-refractivity contribution is -0.544. The molecule has 0 aromatic heterocycles. The second-order valence-corrected chi connectivity index (χ2v) is 17.0. The molecule has 0 bridgehead atoms. The van der Waals surface area contributed by atoms with E-state index in [1.807, 2.05) is 0 Å². The van der Waals surface area contributed by atoms with Crippen LogP contribution in [-0.2, 0) is 95.3 Å². The van der Waals surface area contributed by atoms with Crippen molar-refractivity contribution in [2.75, 3.05) is 20.3 Å². The summed E-state index contributed by atoms with van der Waals surface area (Å²) in [5.74, 6) is -10.6. The van der Waals surface area contributed by atoms with Gasteiger partial charge < -0.3 is 56.9 Å².